The van der Waals surface area contributed by atoms with Gasteiger partial charge in [0.15, 0.2) is 0 Å². The summed E-state index contributed by atoms with van der Waals surface area (Å²) in [5.74, 6) is -0.322. The van der Waals surface area contributed by atoms with E-state index in [1.807, 2.05) is 36.4 Å². The molecule has 2 amide bonds. The Morgan fingerprint density at radius 3 is 2.29 bits per heavy atom. The topological polar surface area (TPSA) is 115 Å². The highest BCUT2D eigenvalue weighted by Gasteiger charge is 2.36. The average molecular weight is 471 g/mol. The van der Waals surface area contributed by atoms with Crippen LogP contribution in [0.15, 0.2) is 73.1 Å². The highest BCUT2D eigenvalue weighted by atomic mass is 16.2. The van der Waals surface area contributed by atoms with E-state index in [-0.39, 0.29) is 41.6 Å². The number of anilines is 1. The number of rotatable bonds is 7. The minimum absolute atomic E-state index is 0.0581. The van der Waals surface area contributed by atoms with Gasteiger partial charge in [-0.3, -0.25) is 19.5 Å². The fourth-order valence-corrected chi connectivity index (χ4v) is 4.68. The third kappa shape index (κ3) is 5.22. The van der Waals surface area contributed by atoms with Crippen LogP contribution in [0.4, 0.5) is 5.69 Å². The van der Waals surface area contributed by atoms with Crippen molar-refractivity contribution in [3.8, 4) is 0 Å². The molecule has 1 atom stereocenters. The van der Waals surface area contributed by atoms with E-state index in [9.17, 15) is 9.59 Å². The first-order valence-electron chi connectivity index (χ1n) is 11.6. The third-order valence-corrected chi connectivity index (χ3v) is 6.48. The lowest BCUT2D eigenvalue weighted by Gasteiger charge is -2.45. The molecule has 1 saturated heterocycles. The molecular weight excluding hydrogens is 440 g/mol. The molecule has 0 bridgehead atoms. The normalized spacial score (nSPS) is 16.2. The molecule has 2 aromatic carbocycles. The van der Waals surface area contributed by atoms with Crippen molar-refractivity contribution in [2.75, 3.05) is 32.4 Å². The van der Waals surface area contributed by atoms with Crippen LogP contribution in [0.5, 0.6) is 0 Å². The number of piperazine rings is 1. The molecular formula is C27H30N6O2. The Kier molecular flexibility index (Phi) is 7.52. The molecule has 1 fully saturated rings. The van der Waals surface area contributed by atoms with E-state index < -0.39 is 0 Å². The second-order valence-corrected chi connectivity index (χ2v) is 8.58. The number of carbonyl (C=O) groups is 2. The summed E-state index contributed by atoms with van der Waals surface area (Å²) in [5, 5.41) is 10.2. The Labute approximate surface area is 205 Å². The molecule has 0 aliphatic carbocycles. The van der Waals surface area contributed by atoms with Crippen molar-refractivity contribution in [2.24, 2.45) is 0 Å². The number of nitrogens with two attached hydrogens (primary N) is 1. The van der Waals surface area contributed by atoms with Crippen LogP contribution in [0.3, 0.4) is 0 Å². The smallest absolute Gasteiger partial charge is 0.257 e. The van der Waals surface area contributed by atoms with Gasteiger partial charge in [-0.25, -0.2) is 0 Å². The molecule has 1 aliphatic rings. The molecule has 0 saturated carbocycles. The zero-order chi connectivity index (χ0) is 24.8. The molecule has 35 heavy (non-hydrogen) atoms. The number of carbonyl (C=O) groups excluding carboxylic acids is 2. The maximum absolute atomic E-state index is 13.4. The lowest BCUT2D eigenvalue weighted by Crippen LogP contribution is -2.56. The summed E-state index contributed by atoms with van der Waals surface area (Å²) in [6, 6.07) is 20.2. The number of nitrogens with one attached hydrogen (secondary N) is 2. The average Bonchev–Trinajstić information content (AvgIpc) is 2.90. The molecule has 0 spiro atoms. The summed E-state index contributed by atoms with van der Waals surface area (Å²) in [6.45, 7) is 1.43. The molecule has 3 aromatic rings. The highest BCUT2D eigenvalue weighted by molar-refractivity contribution is 6.02. The second kappa shape index (κ2) is 10.9. The van der Waals surface area contributed by atoms with Crippen LogP contribution < -0.4 is 11.1 Å². The maximum atomic E-state index is 13.4. The van der Waals surface area contributed by atoms with Gasteiger partial charge in [0.05, 0.1) is 17.3 Å². The van der Waals surface area contributed by atoms with Crippen LogP contribution in [0, 0.1) is 5.41 Å². The molecule has 180 valence electrons. The number of hydrogen-bond acceptors (Lipinski definition) is 6. The summed E-state index contributed by atoms with van der Waals surface area (Å²) in [7, 11) is 1.62. The third-order valence-electron chi connectivity index (χ3n) is 6.48. The molecule has 0 radical (unpaired) electrons. The lowest BCUT2D eigenvalue weighted by atomic mass is 9.93. The number of aromatic nitrogens is 1. The Balaban J connectivity index is 1.67. The summed E-state index contributed by atoms with van der Waals surface area (Å²) < 4.78 is 0. The predicted molar refractivity (Wildman–Crippen MR) is 136 cm³/mol. The Morgan fingerprint density at radius 2 is 1.71 bits per heavy atom. The van der Waals surface area contributed by atoms with E-state index in [0.29, 0.717) is 25.2 Å². The largest absolute Gasteiger partial charge is 0.397 e. The molecule has 8 nitrogen and oxygen atoms in total. The van der Waals surface area contributed by atoms with Crippen molar-refractivity contribution >= 4 is 23.7 Å². The van der Waals surface area contributed by atoms with Crippen molar-refractivity contribution in [2.45, 2.75) is 18.5 Å². The SMILES string of the molecule is CNC(=O)C[C@@H]1CN(C(=O)c2cncc(C=N)c2N)CCN1C(c1ccccc1)c1ccccc1. The van der Waals surface area contributed by atoms with Crippen molar-refractivity contribution in [3.63, 3.8) is 0 Å². The molecule has 0 unspecified atom stereocenters. The van der Waals surface area contributed by atoms with Gasteiger partial charge in [0.1, 0.15) is 0 Å². The van der Waals surface area contributed by atoms with Gasteiger partial charge in [0, 0.05) is 63.3 Å². The first-order valence-corrected chi connectivity index (χ1v) is 11.6. The number of nitrogens with zero attached hydrogens (tertiary/aromatic N) is 3. The van der Waals surface area contributed by atoms with Gasteiger partial charge in [-0.1, -0.05) is 60.7 Å². The van der Waals surface area contributed by atoms with Crippen LogP contribution in [-0.4, -0.2) is 65.5 Å². The highest BCUT2D eigenvalue weighted by Crippen LogP contribution is 2.33. The number of benzene rings is 2. The summed E-state index contributed by atoms with van der Waals surface area (Å²) in [4.78, 5) is 34.1. The van der Waals surface area contributed by atoms with E-state index in [4.69, 9.17) is 11.1 Å². The van der Waals surface area contributed by atoms with Crippen LogP contribution in [0.25, 0.3) is 0 Å². The maximum Gasteiger partial charge on any atom is 0.257 e. The van der Waals surface area contributed by atoms with Gasteiger partial charge in [0.25, 0.3) is 5.91 Å². The van der Waals surface area contributed by atoms with Gasteiger partial charge < -0.3 is 21.4 Å². The van der Waals surface area contributed by atoms with Crippen LogP contribution in [0.1, 0.15) is 39.5 Å². The fourth-order valence-electron chi connectivity index (χ4n) is 4.68. The van der Waals surface area contributed by atoms with E-state index >= 15 is 0 Å². The monoisotopic (exact) mass is 470 g/mol. The first kappa shape index (κ1) is 24.1. The standard InChI is InChI=1S/C27H30N6O2/c1-30-24(34)14-22-18-32(27(35)23-17-31-16-21(15-28)25(23)29)12-13-33(22)26(19-8-4-2-5-9-19)20-10-6-3-7-11-20/h2-11,15-17,22,26,28H,12-14,18H2,1H3,(H2,29,31)(H,30,34)/t22-/m1/s1. The summed E-state index contributed by atoms with van der Waals surface area (Å²) in [6.07, 6.45) is 4.26. The van der Waals surface area contributed by atoms with Gasteiger partial charge >= 0.3 is 0 Å². The van der Waals surface area contributed by atoms with Crippen molar-refractivity contribution in [1.29, 1.82) is 5.41 Å². The number of hydrogen-bond donors (Lipinski definition) is 3. The van der Waals surface area contributed by atoms with Crippen LogP contribution in [-0.2, 0) is 4.79 Å². The second-order valence-electron chi connectivity index (χ2n) is 8.58. The molecule has 1 aromatic heterocycles. The lowest BCUT2D eigenvalue weighted by molar-refractivity contribution is -0.122. The molecule has 2 heterocycles. The Hall–Kier alpha value is -4.04. The van der Waals surface area contributed by atoms with E-state index in [2.05, 4.69) is 39.5 Å². The minimum Gasteiger partial charge on any atom is -0.397 e. The van der Waals surface area contributed by atoms with Crippen molar-refractivity contribution in [1.82, 2.24) is 20.1 Å². The van der Waals surface area contributed by atoms with E-state index in [1.165, 1.54) is 12.4 Å². The van der Waals surface area contributed by atoms with Gasteiger partial charge in [-0.05, 0) is 11.1 Å². The van der Waals surface area contributed by atoms with E-state index in [1.54, 1.807) is 11.9 Å². The molecule has 1 aliphatic heterocycles. The van der Waals surface area contributed by atoms with Gasteiger partial charge in [0.2, 0.25) is 5.91 Å². The van der Waals surface area contributed by atoms with Crippen molar-refractivity contribution in [3.05, 3.63) is 95.3 Å². The van der Waals surface area contributed by atoms with E-state index in [0.717, 1.165) is 17.3 Å². The fraction of sp³-hybridized carbons (Fsp3) is 0.259. The van der Waals surface area contributed by atoms with Crippen LogP contribution in [0.2, 0.25) is 0 Å². The first-order chi connectivity index (χ1) is 17.0. The van der Waals surface area contributed by atoms with Crippen molar-refractivity contribution < 1.29 is 9.59 Å². The minimum atomic E-state index is -0.240. The zero-order valence-electron chi connectivity index (χ0n) is 19.7. The summed E-state index contributed by atoms with van der Waals surface area (Å²) >= 11 is 0. The Bertz CT molecular complexity index is 1150. The number of amides is 2. The zero-order valence-corrected chi connectivity index (χ0v) is 19.7. The molecule has 8 heteroatoms. The van der Waals surface area contributed by atoms with Crippen LogP contribution >= 0.6 is 0 Å². The predicted octanol–water partition coefficient (Wildman–Crippen LogP) is 2.71. The molecule has 4 N–H and O–H groups in total. The number of nitrogen functional groups attached to an aromatic ring is 1. The number of pyridine rings is 1. The van der Waals surface area contributed by atoms with Gasteiger partial charge in [-0.2, -0.15) is 0 Å². The quantitative estimate of drug-likeness (QED) is 0.459. The molecule has 4 rings (SSSR count). The van der Waals surface area contributed by atoms with Gasteiger partial charge in [-0.15, -0.1) is 0 Å². The summed E-state index contributed by atoms with van der Waals surface area (Å²) in [5.41, 5.74) is 9.35. The Morgan fingerprint density at radius 1 is 1.09 bits per heavy atom.